The van der Waals surface area contributed by atoms with Gasteiger partial charge in [0, 0.05) is 23.8 Å². The highest BCUT2D eigenvalue weighted by Gasteiger charge is 2.42. The molecule has 1 unspecified atom stereocenters. The van der Waals surface area contributed by atoms with Gasteiger partial charge in [-0.3, -0.25) is 4.79 Å². The van der Waals surface area contributed by atoms with Gasteiger partial charge in [-0.2, -0.15) is 0 Å². The average Bonchev–Trinajstić information content (AvgIpc) is 2.77. The maximum atomic E-state index is 11.9. The van der Waals surface area contributed by atoms with Crippen molar-refractivity contribution in [2.24, 2.45) is 0 Å². The van der Waals surface area contributed by atoms with Gasteiger partial charge in [0.15, 0.2) is 0 Å². The lowest BCUT2D eigenvalue weighted by Crippen LogP contribution is -2.20. The van der Waals surface area contributed by atoms with E-state index in [2.05, 4.69) is 18.2 Å². The van der Waals surface area contributed by atoms with E-state index in [1.807, 2.05) is 30.4 Å². The summed E-state index contributed by atoms with van der Waals surface area (Å²) in [5.74, 6) is 2.18. The second-order valence-electron chi connectivity index (χ2n) is 5.80. The van der Waals surface area contributed by atoms with E-state index in [1.165, 1.54) is 5.57 Å². The summed E-state index contributed by atoms with van der Waals surface area (Å²) in [6.07, 6.45) is 11.5. The molecule has 2 heteroatoms. The third kappa shape index (κ3) is 1.68. The Hall–Kier alpha value is -2.09. The number of para-hydroxylation sites is 1. The van der Waals surface area contributed by atoms with Crippen LogP contribution in [0, 0.1) is 0 Å². The van der Waals surface area contributed by atoms with Crippen molar-refractivity contribution in [3.63, 3.8) is 0 Å². The number of benzene rings is 1. The van der Waals surface area contributed by atoms with Crippen LogP contribution in [0.15, 0.2) is 59.9 Å². The monoisotopic (exact) mass is 264 g/mol. The molecule has 100 valence electrons. The summed E-state index contributed by atoms with van der Waals surface area (Å²) in [5, 5.41) is 0. The van der Waals surface area contributed by atoms with Crippen molar-refractivity contribution >= 4 is 5.78 Å². The molecule has 1 aliphatic heterocycles. The quantitative estimate of drug-likeness (QED) is 0.711. The van der Waals surface area contributed by atoms with Gasteiger partial charge in [0.25, 0.3) is 0 Å². The van der Waals surface area contributed by atoms with E-state index in [-0.39, 0.29) is 5.41 Å². The molecule has 0 aromatic heterocycles. The van der Waals surface area contributed by atoms with Crippen LogP contribution in [0.1, 0.15) is 31.2 Å². The molecule has 0 saturated heterocycles. The third-order valence-electron chi connectivity index (χ3n) is 4.49. The molecule has 0 radical (unpaired) electrons. The molecule has 1 fully saturated rings. The van der Waals surface area contributed by atoms with Crippen molar-refractivity contribution in [1.29, 1.82) is 0 Å². The molecule has 1 atom stereocenters. The molecule has 1 spiro atoms. The number of fused-ring (bicyclic) bond motifs is 3. The highest BCUT2D eigenvalue weighted by atomic mass is 16.5. The molecule has 0 amide bonds. The van der Waals surface area contributed by atoms with Gasteiger partial charge in [-0.15, -0.1) is 0 Å². The number of allylic oxidation sites excluding steroid dienone is 5. The van der Waals surface area contributed by atoms with E-state index < -0.39 is 0 Å². The number of ether oxygens (including phenoxy) is 1. The summed E-state index contributed by atoms with van der Waals surface area (Å²) in [5.41, 5.74) is 2.20. The minimum atomic E-state index is -0.163. The zero-order chi connectivity index (χ0) is 13.6. The number of carbonyl (C=O) groups excluding carboxylic acids is 1. The molecule has 20 heavy (non-hydrogen) atoms. The van der Waals surface area contributed by atoms with Crippen LogP contribution in [0.25, 0.3) is 0 Å². The predicted octanol–water partition coefficient (Wildman–Crippen LogP) is 3.84. The zero-order valence-electron chi connectivity index (χ0n) is 11.3. The van der Waals surface area contributed by atoms with E-state index in [1.54, 1.807) is 0 Å². The third-order valence-corrected chi connectivity index (χ3v) is 4.49. The smallest absolute Gasteiger partial charge is 0.134 e. The molecule has 2 nitrogen and oxygen atoms in total. The first-order valence-electron chi connectivity index (χ1n) is 7.15. The summed E-state index contributed by atoms with van der Waals surface area (Å²) >= 11 is 0. The van der Waals surface area contributed by atoms with E-state index in [9.17, 15) is 4.79 Å². The molecule has 1 aromatic carbocycles. The Morgan fingerprint density at radius 3 is 2.95 bits per heavy atom. The number of hydrogen-bond acceptors (Lipinski definition) is 2. The minimum absolute atomic E-state index is 0.163. The maximum Gasteiger partial charge on any atom is 0.134 e. The molecule has 1 saturated carbocycles. The first-order valence-corrected chi connectivity index (χ1v) is 7.15. The SMILES string of the molecule is O=C1CCC2(C=C3CC=CC=C3Oc3ccccc32)C1. The van der Waals surface area contributed by atoms with Gasteiger partial charge in [0.2, 0.25) is 0 Å². The van der Waals surface area contributed by atoms with E-state index in [0.29, 0.717) is 18.6 Å². The van der Waals surface area contributed by atoms with Crippen molar-refractivity contribution in [1.82, 2.24) is 0 Å². The van der Waals surface area contributed by atoms with Gasteiger partial charge in [-0.05, 0) is 30.6 Å². The Morgan fingerprint density at radius 2 is 2.10 bits per heavy atom. The van der Waals surface area contributed by atoms with Crippen molar-refractivity contribution < 1.29 is 9.53 Å². The van der Waals surface area contributed by atoms with E-state index >= 15 is 0 Å². The van der Waals surface area contributed by atoms with Gasteiger partial charge >= 0.3 is 0 Å². The Labute approximate surface area is 118 Å². The molecule has 1 heterocycles. The Balaban J connectivity index is 1.94. The van der Waals surface area contributed by atoms with Crippen LogP contribution in [0.4, 0.5) is 0 Å². The first-order chi connectivity index (χ1) is 9.77. The molecular weight excluding hydrogens is 248 g/mol. The number of rotatable bonds is 0. The largest absolute Gasteiger partial charge is 0.457 e. The van der Waals surface area contributed by atoms with Crippen LogP contribution in [0.3, 0.4) is 0 Å². The maximum absolute atomic E-state index is 11.9. The number of Topliss-reactive ketones (excluding diaryl/α,β-unsaturated/α-hetero) is 1. The summed E-state index contributed by atoms with van der Waals surface area (Å²) in [7, 11) is 0. The zero-order valence-corrected chi connectivity index (χ0v) is 11.3. The number of hydrogen-bond donors (Lipinski definition) is 0. The topological polar surface area (TPSA) is 26.3 Å². The molecule has 2 aliphatic carbocycles. The van der Waals surface area contributed by atoms with Crippen molar-refractivity contribution in [3.05, 3.63) is 65.5 Å². The Kier molecular flexibility index (Phi) is 2.46. The van der Waals surface area contributed by atoms with Crippen LogP contribution in [0.2, 0.25) is 0 Å². The average molecular weight is 264 g/mol. The Bertz CT molecular complexity index is 678. The molecule has 0 bridgehead atoms. The van der Waals surface area contributed by atoms with Crippen LogP contribution >= 0.6 is 0 Å². The highest BCUT2D eigenvalue weighted by Crippen LogP contribution is 2.48. The van der Waals surface area contributed by atoms with Gasteiger partial charge in [0.1, 0.15) is 17.3 Å². The Morgan fingerprint density at radius 1 is 1.20 bits per heavy atom. The minimum Gasteiger partial charge on any atom is -0.457 e. The van der Waals surface area contributed by atoms with Crippen molar-refractivity contribution in [2.45, 2.75) is 31.1 Å². The molecule has 3 aliphatic rings. The number of carbonyl (C=O) groups is 1. The van der Waals surface area contributed by atoms with E-state index in [0.717, 1.165) is 29.9 Å². The van der Waals surface area contributed by atoms with Crippen molar-refractivity contribution in [3.8, 4) is 5.75 Å². The molecule has 1 aromatic rings. The van der Waals surface area contributed by atoms with Crippen LogP contribution in [0.5, 0.6) is 5.75 Å². The summed E-state index contributed by atoms with van der Waals surface area (Å²) in [4.78, 5) is 11.9. The lowest BCUT2D eigenvalue weighted by molar-refractivity contribution is -0.117. The fourth-order valence-corrected chi connectivity index (χ4v) is 3.53. The molecule has 4 rings (SSSR count). The summed E-state index contributed by atoms with van der Waals surface area (Å²) in [6, 6.07) is 8.15. The van der Waals surface area contributed by atoms with Gasteiger partial charge in [-0.1, -0.05) is 36.4 Å². The van der Waals surface area contributed by atoms with Crippen molar-refractivity contribution in [2.75, 3.05) is 0 Å². The van der Waals surface area contributed by atoms with E-state index in [4.69, 9.17) is 4.74 Å². The second kappa shape index (κ2) is 4.20. The molecule has 0 N–H and O–H groups in total. The summed E-state index contributed by atoms with van der Waals surface area (Å²) in [6.45, 7) is 0. The van der Waals surface area contributed by atoms with Crippen LogP contribution in [-0.2, 0) is 10.2 Å². The van der Waals surface area contributed by atoms with Crippen LogP contribution in [-0.4, -0.2) is 5.78 Å². The fourth-order valence-electron chi connectivity index (χ4n) is 3.53. The van der Waals surface area contributed by atoms with Gasteiger partial charge < -0.3 is 4.74 Å². The second-order valence-corrected chi connectivity index (χ2v) is 5.80. The van der Waals surface area contributed by atoms with Gasteiger partial charge in [-0.25, -0.2) is 0 Å². The lowest BCUT2D eigenvalue weighted by Gasteiger charge is -2.25. The van der Waals surface area contributed by atoms with Gasteiger partial charge in [0.05, 0.1) is 0 Å². The fraction of sp³-hybridized carbons (Fsp3) is 0.278. The standard InChI is InChI=1S/C18H16O2/c19-14-9-10-18(12-14)11-13-5-1-3-7-16(13)20-17-8-4-2-6-15(17)18/h1-4,6-8,11H,5,9-10,12H2. The molecular formula is C18H16O2. The lowest BCUT2D eigenvalue weighted by atomic mass is 9.77. The number of ketones is 1. The summed E-state index contributed by atoms with van der Waals surface area (Å²) < 4.78 is 6.11. The van der Waals surface area contributed by atoms with Crippen LogP contribution < -0.4 is 4.74 Å². The predicted molar refractivity (Wildman–Crippen MR) is 77.5 cm³/mol. The first kappa shape index (κ1) is 11.7. The normalized spacial score (nSPS) is 27.3. The highest BCUT2D eigenvalue weighted by molar-refractivity contribution is 5.84.